The third-order valence-electron chi connectivity index (χ3n) is 5.84. The minimum atomic E-state index is -4.70. The van der Waals surface area contributed by atoms with Crippen molar-refractivity contribution >= 4 is 86.8 Å². The smallest absolute Gasteiger partial charge is 0.361 e. The van der Waals surface area contributed by atoms with Crippen LogP contribution < -0.4 is 10.0 Å². The molecule has 4 aromatic rings. The van der Waals surface area contributed by atoms with Crippen molar-refractivity contribution in [2.45, 2.75) is 28.6 Å². The number of carbonyl (C=O) groups excluding carboxylic acids is 1. The summed E-state index contributed by atoms with van der Waals surface area (Å²) in [6.45, 7) is 0.241. The van der Waals surface area contributed by atoms with E-state index in [-0.39, 0.29) is 22.4 Å². The van der Waals surface area contributed by atoms with E-state index in [9.17, 15) is 48.0 Å². The van der Waals surface area contributed by atoms with Crippen LogP contribution in [0, 0.1) is 0 Å². The lowest BCUT2D eigenvalue weighted by Crippen LogP contribution is -2.26. The Bertz CT molecular complexity index is 2010. The average Bonchev–Trinajstić information content (AvgIpc) is 3.45. The Morgan fingerprint density at radius 2 is 1.31 bits per heavy atom. The van der Waals surface area contributed by atoms with Gasteiger partial charge in [0.25, 0.3) is 9.05 Å². The van der Waals surface area contributed by atoms with Gasteiger partial charge in [-0.1, -0.05) is 58.3 Å². The second-order valence-electron chi connectivity index (χ2n) is 9.24. The molecular weight excluding hydrogens is 798 g/mol. The number of sulfonamides is 1. The van der Waals surface area contributed by atoms with Gasteiger partial charge in [-0.2, -0.15) is 26.3 Å². The summed E-state index contributed by atoms with van der Waals surface area (Å²) in [5.74, 6) is -0.267. The summed E-state index contributed by atoms with van der Waals surface area (Å²) in [5, 5.41) is 3.09. The van der Waals surface area contributed by atoms with Crippen LogP contribution in [0.5, 0.6) is 0 Å². The normalized spacial score (nSPS) is 12.3. The number of aromatic nitrogens is 1. The van der Waals surface area contributed by atoms with E-state index < -0.39 is 52.3 Å². The molecule has 0 amide bonds. The molecule has 0 spiro atoms. The Kier molecular flexibility index (Phi) is 13.2. The Hall–Kier alpha value is -2.64. The predicted molar refractivity (Wildman–Crippen MR) is 171 cm³/mol. The van der Waals surface area contributed by atoms with Gasteiger partial charge in [-0.25, -0.2) is 26.5 Å². The van der Waals surface area contributed by atoms with Gasteiger partial charge in [0, 0.05) is 29.3 Å². The zero-order valence-corrected chi connectivity index (χ0v) is 28.9. The van der Waals surface area contributed by atoms with Crippen LogP contribution in [0.1, 0.15) is 32.8 Å². The number of carbonyl (C=O) groups is 1. The first-order chi connectivity index (χ1) is 22.1. The number of alkyl halides is 6. The molecule has 1 heterocycles. The van der Waals surface area contributed by atoms with Crippen molar-refractivity contribution in [3.05, 3.63) is 103 Å². The largest absolute Gasteiger partial charge is 0.416 e. The number of ketones is 1. The van der Waals surface area contributed by atoms with Crippen LogP contribution in [0.4, 0.5) is 31.5 Å². The lowest BCUT2D eigenvalue weighted by atomic mass is 10.1. The monoisotopic (exact) mass is 815 g/mol. The summed E-state index contributed by atoms with van der Waals surface area (Å²) in [6, 6.07) is 10.6. The summed E-state index contributed by atoms with van der Waals surface area (Å²) in [4.78, 5) is 15.6. The first kappa shape index (κ1) is 39.8. The molecular formula is C27H19Cl4F6N3O5S3. The third-order valence-corrected chi connectivity index (χ3v) is 10.9. The van der Waals surface area contributed by atoms with Crippen LogP contribution in [0.15, 0.2) is 76.7 Å². The molecule has 0 fully saturated rings. The molecule has 4 rings (SSSR count). The molecule has 0 aliphatic rings. The number of benzene rings is 3. The molecule has 0 aliphatic heterocycles. The molecule has 2 N–H and O–H groups in total. The summed E-state index contributed by atoms with van der Waals surface area (Å²) >= 11 is 18.4. The highest BCUT2D eigenvalue weighted by molar-refractivity contribution is 8.13. The van der Waals surface area contributed by atoms with Gasteiger partial charge in [0.05, 0.1) is 37.3 Å². The minimum absolute atomic E-state index is 0.0569. The van der Waals surface area contributed by atoms with E-state index in [1.165, 1.54) is 6.20 Å². The highest BCUT2D eigenvalue weighted by atomic mass is 35.7. The second-order valence-corrected chi connectivity index (χ2v) is 15.8. The van der Waals surface area contributed by atoms with Gasteiger partial charge in [-0.15, -0.1) is 0 Å². The fourth-order valence-corrected chi connectivity index (χ4v) is 7.67. The Morgan fingerprint density at radius 1 is 0.771 bits per heavy atom. The maximum absolute atomic E-state index is 12.9. The standard InChI is InChI=1S/C20H16Cl2F3N3O3S2.C7H3Cl2F3O2S/c21-14-5-2-1-4-13(14)18(29)16-11-27-19(32-16)26-8-3-9-28-33(30,31)17-10-12(20(23,24)25)6-7-15(17)22;8-5-2-1-4(7(10,11)12)3-6(5)15(9,13)14/h1-2,4-7,10-11,28H,3,8-9H2,(H,26,27);1-3H. The van der Waals surface area contributed by atoms with Gasteiger partial charge >= 0.3 is 12.4 Å². The van der Waals surface area contributed by atoms with E-state index >= 15 is 0 Å². The van der Waals surface area contributed by atoms with E-state index in [0.29, 0.717) is 57.8 Å². The van der Waals surface area contributed by atoms with Crippen LogP contribution >= 0.6 is 56.8 Å². The van der Waals surface area contributed by atoms with E-state index in [1.807, 2.05) is 0 Å². The Balaban J connectivity index is 0.000000348. The van der Waals surface area contributed by atoms with Gasteiger partial charge in [0.1, 0.15) is 9.79 Å². The first-order valence-electron chi connectivity index (χ1n) is 12.8. The van der Waals surface area contributed by atoms with Gasteiger partial charge in [0.2, 0.25) is 15.8 Å². The van der Waals surface area contributed by atoms with Crippen molar-refractivity contribution in [3.63, 3.8) is 0 Å². The maximum atomic E-state index is 12.9. The number of anilines is 1. The van der Waals surface area contributed by atoms with E-state index in [4.69, 9.17) is 45.5 Å². The third kappa shape index (κ3) is 10.9. The van der Waals surface area contributed by atoms with Gasteiger partial charge in [-0.3, -0.25) is 4.79 Å². The summed E-state index contributed by atoms with van der Waals surface area (Å²) in [6.07, 6.45) is -7.63. The molecule has 0 saturated carbocycles. The quantitative estimate of drug-likeness (QED) is 0.0711. The number of thiazole rings is 1. The first-order valence-corrected chi connectivity index (χ1v) is 18.5. The highest BCUT2D eigenvalue weighted by Gasteiger charge is 2.33. The molecule has 260 valence electrons. The second kappa shape index (κ2) is 15.9. The fourth-order valence-electron chi connectivity index (χ4n) is 3.56. The predicted octanol–water partition coefficient (Wildman–Crippen LogP) is 8.77. The van der Waals surface area contributed by atoms with Crippen molar-refractivity contribution in [1.29, 1.82) is 0 Å². The summed E-state index contributed by atoms with van der Waals surface area (Å²) in [7, 11) is -3.61. The SMILES string of the molecule is O=C(c1cnc(NCCCNS(=O)(=O)c2cc(C(F)(F)F)ccc2Cl)s1)c1ccccc1Cl.O=S(=O)(Cl)c1cc(C(F)(F)F)ccc1Cl. The summed E-state index contributed by atoms with van der Waals surface area (Å²) in [5.41, 5.74) is -1.87. The van der Waals surface area contributed by atoms with Crippen molar-refractivity contribution in [1.82, 2.24) is 9.71 Å². The van der Waals surface area contributed by atoms with Crippen LogP contribution in [-0.2, 0) is 31.4 Å². The van der Waals surface area contributed by atoms with Crippen LogP contribution in [0.3, 0.4) is 0 Å². The molecule has 1 aromatic heterocycles. The zero-order chi connectivity index (χ0) is 36.1. The number of halogens is 10. The number of hydrogen-bond acceptors (Lipinski definition) is 8. The van der Waals surface area contributed by atoms with Crippen LogP contribution in [-0.4, -0.2) is 40.7 Å². The Morgan fingerprint density at radius 3 is 1.85 bits per heavy atom. The minimum Gasteiger partial charge on any atom is -0.361 e. The van der Waals surface area contributed by atoms with Crippen molar-refractivity contribution in [2.24, 2.45) is 0 Å². The molecule has 3 aromatic carbocycles. The van der Waals surface area contributed by atoms with E-state index in [2.05, 4.69) is 15.0 Å². The van der Waals surface area contributed by atoms with Crippen LogP contribution in [0.25, 0.3) is 0 Å². The molecule has 48 heavy (non-hydrogen) atoms. The maximum Gasteiger partial charge on any atom is 0.416 e. The lowest BCUT2D eigenvalue weighted by Gasteiger charge is -2.12. The average molecular weight is 817 g/mol. The van der Waals surface area contributed by atoms with Crippen molar-refractivity contribution in [2.75, 3.05) is 18.4 Å². The Labute approximate surface area is 293 Å². The van der Waals surface area contributed by atoms with E-state index in [0.717, 1.165) is 23.5 Å². The molecule has 0 unspecified atom stereocenters. The molecule has 0 atom stereocenters. The van der Waals surface area contributed by atoms with Gasteiger partial charge in [0.15, 0.2) is 5.13 Å². The molecule has 0 radical (unpaired) electrons. The number of nitrogens with zero attached hydrogens (tertiary/aromatic N) is 1. The molecule has 0 bridgehead atoms. The van der Waals surface area contributed by atoms with E-state index in [1.54, 1.807) is 24.3 Å². The molecule has 0 saturated heterocycles. The topological polar surface area (TPSA) is 122 Å². The zero-order valence-electron chi connectivity index (χ0n) is 23.5. The number of rotatable bonds is 10. The number of hydrogen-bond donors (Lipinski definition) is 2. The highest BCUT2D eigenvalue weighted by Crippen LogP contribution is 2.35. The number of nitrogens with one attached hydrogen (secondary N) is 2. The molecule has 21 heteroatoms. The fraction of sp³-hybridized carbons (Fsp3) is 0.185. The summed E-state index contributed by atoms with van der Waals surface area (Å²) < 4.78 is 124. The van der Waals surface area contributed by atoms with Crippen molar-refractivity contribution < 1.29 is 48.0 Å². The molecule has 8 nitrogen and oxygen atoms in total. The van der Waals surface area contributed by atoms with Gasteiger partial charge < -0.3 is 5.32 Å². The van der Waals surface area contributed by atoms with Gasteiger partial charge in [-0.05, 0) is 55.0 Å². The lowest BCUT2D eigenvalue weighted by molar-refractivity contribution is -0.138. The molecule has 0 aliphatic carbocycles. The van der Waals surface area contributed by atoms with Crippen molar-refractivity contribution in [3.8, 4) is 0 Å². The van der Waals surface area contributed by atoms with Crippen LogP contribution in [0.2, 0.25) is 15.1 Å².